The van der Waals surface area contributed by atoms with Crippen LogP contribution >= 0.6 is 0 Å². The predicted molar refractivity (Wildman–Crippen MR) is 393 cm³/mol. The van der Waals surface area contributed by atoms with Crippen LogP contribution in [0.4, 0.5) is 4.39 Å². The molecule has 0 bridgehead atoms. The minimum atomic E-state index is -3.60. The summed E-state index contributed by atoms with van der Waals surface area (Å²) < 4.78 is 98.7. The Morgan fingerprint density at radius 2 is 0.726 bits per heavy atom. The van der Waals surface area contributed by atoms with Gasteiger partial charge in [0.15, 0.2) is 46.0 Å². The predicted octanol–water partition coefficient (Wildman–Crippen LogP) is 10.4. The molecule has 0 unspecified atom stereocenters. The number of halogens is 1. The van der Waals surface area contributed by atoms with Crippen molar-refractivity contribution in [2.45, 2.75) is 30.6 Å². The van der Waals surface area contributed by atoms with Crippen molar-refractivity contribution in [2.24, 2.45) is 20.4 Å². The molecule has 8 aromatic rings. The number of hydrogen-bond donors (Lipinski definition) is 0. The van der Waals surface area contributed by atoms with Gasteiger partial charge in [0.25, 0.3) is 23.6 Å². The Hall–Kier alpha value is -12.0. The van der Waals surface area contributed by atoms with E-state index in [2.05, 4.69) is 25.4 Å². The summed E-state index contributed by atoms with van der Waals surface area (Å²) in [5.74, 6) is 4.49. The zero-order valence-electron chi connectivity index (χ0n) is 60.3. The van der Waals surface area contributed by atoms with Crippen LogP contribution in [0, 0.1) is 5.82 Å². The summed E-state index contributed by atoms with van der Waals surface area (Å²) >= 11 is 0. The molecule has 0 spiro atoms. The Balaban J connectivity index is 0.000000152. The van der Waals surface area contributed by atoms with Crippen LogP contribution in [0.25, 0.3) is 0 Å². The van der Waals surface area contributed by atoms with E-state index < -0.39 is 21.7 Å². The van der Waals surface area contributed by atoms with Crippen LogP contribution < -0.4 is 47.4 Å². The molecule has 1 fully saturated rings. The highest BCUT2D eigenvalue weighted by Crippen LogP contribution is 2.35. The molecule has 0 aliphatic carbocycles. The first-order chi connectivity index (χ1) is 51.4. The van der Waals surface area contributed by atoms with Gasteiger partial charge in [0.2, 0.25) is 10.0 Å². The van der Waals surface area contributed by atoms with Crippen molar-refractivity contribution in [1.82, 2.24) is 29.3 Å². The molecule has 106 heavy (non-hydrogen) atoms. The van der Waals surface area contributed by atoms with E-state index in [1.54, 1.807) is 131 Å². The second kappa shape index (κ2) is 36.0. The summed E-state index contributed by atoms with van der Waals surface area (Å²) in [6, 6.07) is 42.5. The summed E-state index contributed by atoms with van der Waals surface area (Å²) in [4.78, 5) is 54.7. The number of amides is 4. The second-order valence-corrected chi connectivity index (χ2v) is 25.4. The molecule has 29 heteroatoms. The monoisotopic (exact) mass is 1470 g/mol. The number of benzene rings is 7. The topological polar surface area (TPSA) is 282 Å². The van der Waals surface area contributed by atoms with Crippen LogP contribution in [0.2, 0.25) is 0 Å². The van der Waals surface area contributed by atoms with E-state index in [9.17, 15) is 32.0 Å². The number of morpholine rings is 1. The maximum absolute atomic E-state index is 13.8. The van der Waals surface area contributed by atoms with E-state index in [0.29, 0.717) is 152 Å². The Bertz CT molecular complexity index is 4730. The van der Waals surface area contributed by atoms with Crippen molar-refractivity contribution in [3.05, 3.63) is 214 Å². The molecule has 6 heterocycles. The van der Waals surface area contributed by atoms with Gasteiger partial charge in [-0.25, -0.2) is 32.8 Å². The van der Waals surface area contributed by atoms with Gasteiger partial charge in [-0.05, 0) is 133 Å². The summed E-state index contributed by atoms with van der Waals surface area (Å²) in [7, 11) is 12.1. The Morgan fingerprint density at radius 1 is 0.368 bits per heavy atom. The number of hydrogen-bond acceptors (Lipinski definition) is 22. The van der Waals surface area contributed by atoms with Gasteiger partial charge < -0.3 is 52.1 Å². The van der Waals surface area contributed by atoms with Crippen LogP contribution in [0.1, 0.15) is 89.4 Å². The number of carbonyl (C=O) groups is 4. The minimum absolute atomic E-state index is 0.0230. The number of methoxy groups -OCH3 is 10. The van der Waals surface area contributed by atoms with Gasteiger partial charge in [0.05, 0.1) is 149 Å². The van der Waals surface area contributed by atoms with Gasteiger partial charge >= 0.3 is 0 Å². The van der Waals surface area contributed by atoms with Gasteiger partial charge in [0.1, 0.15) is 17.3 Å². The van der Waals surface area contributed by atoms with E-state index in [4.69, 9.17) is 52.1 Å². The van der Waals surface area contributed by atoms with Crippen LogP contribution in [0.15, 0.2) is 189 Å². The molecule has 1 saturated heterocycles. The number of nitrogens with zero attached hydrogens (tertiary/aromatic N) is 10. The fourth-order valence-corrected chi connectivity index (χ4v) is 13.1. The molecular formula is C77H81FN10O17S. The first kappa shape index (κ1) is 76.7. The lowest BCUT2D eigenvalue weighted by Gasteiger charge is -2.26. The Labute approximate surface area is 613 Å². The summed E-state index contributed by atoms with van der Waals surface area (Å²) in [5, 5.41) is 23.4. The molecule has 554 valence electrons. The van der Waals surface area contributed by atoms with Gasteiger partial charge in [-0.15, -0.1) is 0 Å². The van der Waals surface area contributed by atoms with Crippen molar-refractivity contribution in [2.75, 3.05) is 124 Å². The van der Waals surface area contributed by atoms with Crippen LogP contribution in [0.3, 0.4) is 0 Å². The van der Waals surface area contributed by atoms with E-state index in [-0.39, 0.29) is 28.2 Å². The normalized spacial score (nSPS) is 14.6. The lowest BCUT2D eigenvalue weighted by atomic mass is 10.1. The number of ether oxygens (including phenoxy) is 11. The molecule has 5 aliphatic heterocycles. The van der Waals surface area contributed by atoms with E-state index >= 15 is 0 Å². The lowest BCUT2D eigenvalue weighted by Crippen LogP contribution is -2.40. The molecule has 7 aromatic carbocycles. The summed E-state index contributed by atoms with van der Waals surface area (Å²) in [5.41, 5.74) is 8.13. The maximum atomic E-state index is 13.8. The van der Waals surface area contributed by atoms with Gasteiger partial charge in [-0.1, -0.05) is 12.1 Å². The fraction of sp³-hybridized carbons (Fsp3) is 0.286. The van der Waals surface area contributed by atoms with Gasteiger partial charge in [-0.2, -0.15) is 24.7 Å². The third-order valence-electron chi connectivity index (χ3n) is 17.4. The average molecular weight is 1470 g/mol. The summed E-state index contributed by atoms with van der Waals surface area (Å²) in [6.45, 7) is 3.32. The third-order valence-corrected chi connectivity index (χ3v) is 19.3. The fourth-order valence-electron chi connectivity index (χ4n) is 11.7. The number of carbonyl (C=O) groups excluding carboxylic acids is 4. The van der Waals surface area contributed by atoms with Crippen molar-refractivity contribution >= 4 is 56.5 Å². The van der Waals surface area contributed by atoms with Gasteiger partial charge in [-0.3, -0.25) is 24.2 Å². The van der Waals surface area contributed by atoms with Crippen molar-refractivity contribution in [3.63, 3.8) is 0 Å². The largest absolute Gasteiger partial charge is 0.497 e. The molecule has 0 N–H and O–H groups in total. The zero-order chi connectivity index (χ0) is 75.4. The SMILES string of the molecule is COc1ccc(C(=O)N2CCC(c3ccc(OC)c(OC)c3)=N2)c(OC)c1.COc1ccc(C2=NN(C(=O)c3ccc(S(=O)(=O)N4CCOCC4)cc3)CC2)cc1OC.COc1ccc(C2=NN(C(=O)c3ccccc3F)CC2)cc1OC.COc1ccc(C2=NN(C(=O)c3ccncc3)CC2)cc1OC. The Morgan fingerprint density at radius 3 is 1.09 bits per heavy atom. The van der Waals surface area contributed by atoms with E-state index in [1.807, 2.05) is 60.7 Å². The second-order valence-electron chi connectivity index (χ2n) is 23.5. The highest BCUT2D eigenvalue weighted by atomic mass is 32.2. The molecular weight excluding hydrogens is 1390 g/mol. The molecule has 4 amide bonds. The van der Waals surface area contributed by atoms with Gasteiger partial charge in [0, 0.05) is 90.6 Å². The quantitative estimate of drug-likeness (QED) is 0.0685. The maximum Gasteiger partial charge on any atom is 0.277 e. The first-order valence-corrected chi connectivity index (χ1v) is 34.9. The van der Waals surface area contributed by atoms with E-state index in [0.717, 1.165) is 45.1 Å². The molecule has 0 saturated carbocycles. The number of hydrazone groups is 4. The standard InChI is InChI=1S/C22H25N3O6S.C20H22N2O5.C18H17FN2O3.C17H17N3O3/c1-29-20-8-5-17(15-21(20)30-2)19-9-10-25(23-19)22(26)16-3-6-18(7-4-16)32(27,28)24-11-13-31-14-12-24;1-24-14-6-7-15(18(12-14)26-3)20(23)22-10-9-16(21-22)13-5-8-17(25-2)19(11-13)27-4;1-23-16-8-7-12(11-17(16)24-2)15-9-10-21(20-15)18(22)13-5-3-4-6-14(13)19;1-22-15-4-3-13(11-16(15)23-2)14-7-10-20(19-14)17(21)12-5-8-18-9-6-12/h3-8,15H,9-14H2,1-2H3;5-8,11-12H,9-10H2,1-4H3;3-8,11H,9-10H2,1-2H3;3-6,8-9,11H,7,10H2,1-2H3. The number of rotatable bonds is 20. The lowest BCUT2D eigenvalue weighted by molar-refractivity contribution is 0.0730. The van der Waals surface area contributed by atoms with Crippen molar-refractivity contribution in [3.8, 4) is 57.5 Å². The third kappa shape index (κ3) is 18.0. The first-order valence-electron chi connectivity index (χ1n) is 33.4. The van der Waals surface area contributed by atoms with E-state index in [1.165, 1.54) is 67.8 Å². The summed E-state index contributed by atoms with van der Waals surface area (Å²) in [6.07, 6.45) is 5.75. The zero-order valence-corrected chi connectivity index (χ0v) is 61.1. The highest BCUT2D eigenvalue weighted by molar-refractivity contribution is 7.89. The van der Waals surface area contributed by atoms with Crippen LogP contribution in [-0.4, -0.2) is 208 Å². The minimum Gasteiger partial charge on any atom is -0.497 e. The number of pyridine rings is 1. The smallest absolute Gasteiger partial charge is 0.277 e. The van der Waals surface area contributed by atoms with Crippen LogP contribution in [-0.2, 0) is 14.8 Å². The molecule has 0 radical (unpaired) electrons. The number of aromatic nitrogens is 1. The highest BCUT2D eigenvalue weighted by Gasteiger charge is 2.31. The molecule has 27 nitrogen and oxygen atoms in total. The number of sulfonamides is 1. The molecule has 5 aliphatic rings. The van der Waals surface area contributed by atoms with Crippen molar-refractivity contribution in [1.29, 1.82) is 0 Å². The van der Waals surface area contributed by atoms with Crippen molar-refractivity contribution < 1.29 is 84.1 Å². The Kier molecular flexibility index (Phi) is 26.0. The molecule has 13 rings (SSSR count). The molecule has 0 atom stereocenters. The van der Waals surface area contributed by atoms with Crippen LogP contribution in [0.5, 0.6) is 57.5 Å². The average Bonchev–Trinajstić information content (AvgIpc) is 1.72. The molecule has 1 aromatic heterocycles.